The Kier molecular flexibility index (Phi) is 7.56. The van der Waals surface area contributed by atoms with Crippen LogP contribution in [0.5, 0.6) is 0 Å². The van der Waals surface area contributed by atoms with Gasteiger partial charge in [0.2, 0.25) is 0 Å². The number of halogens is 1. The monoisotopic (exact) mass is 286 g/mol. The molecule has 0 saturated carbocycles. The maximum absolute atomic E-state index is 13.1. The van der Waals surface area contributed by atoms with Gasteiger partial charge in [0.1, 0.15) is 5.82 Å². The van der Waals surface area contributed by atoms with E-state index >= 15 is 0 Å². The van der Waals surface area contributed by atoms with E-state index in [-0.39, 0.29) is 12.4 Å². The molecule has 1 aromatic rings. The van der Waals surface area contributed by atoms with Crippen LogP contribution in [0.4, 0.5) is 4.39 Å². The van der Waals surface area contributed by atoms with Crippen molar-refractivity contribution in [2.24, 2.45) is 10.9 Å². The van der Waals surface area contributed by atoms with Gasteiger partial charge in [0, 0.05) is 12.7 Å². The summed E-state index contributed by atoms with van der Waals surface area (Å²) >= 11 is 0. The molecular weight excluding hydrogens is 267 g/mol. The molecule has 0 aliphatic heterocycles. The van der Waals surface area contributed by atoms with Gasteiger partial charge in [-0.25, -0.2) is 4.39 Å². The molecule has 0 aliphatic rings. The van der Waals surface area contributed by atoms with E-state index in [1.807, 2.05) is 0 Å². The number of amidine groups is 1. The molecule has 0 radical (unpaired) electrons. The summed E-state index contributed by atoms with van der Waals surface area (Å²) in [5, 5.41) is 11.5. The van der Waals surface area contributed by atoms with Gasteiger partial charge in [-0.15, -0.1) is 0 Å². The lowest BCUT2D eigenvalue weighted by atomic mass is 10.1. The number of nitrogens with two attached hydrogens (primary N) is 1. The lowest BCUT2D eigenvalue weighted by molar-refractivity contribution is 0.0199. The summed E-state index contributed by atoms with van der Waals surface area (Å²) in [6.07, 6.45) is 0. The Hall–Kier alpha value is -1.70. The highest BCUT2D eigenvalue weighted by Crippen LogP contribution is 2.12. The molecule has 3 N–H and O–H groups in total. The number of benzene rings is 1. The molecule has 0 heterocycles. The minimum Gasteiger partial charge on any atom is -0.409 e. The quantitative estimate of drug-likeness (QED) is 0.233. The fraction of sp³-hybridized carbons (Fsp3) is 0.462. The van der Waals surface area contributed by atoms with E-state index in [1.165, 1.54) is 18.2 Å². The molecule has 0 saturated heterocycles. The highest BCUT2D eigenvalue weighted by atomic mass is 19.1. The summed E-state index contributed by atoms with van der Waals surface area (Å²) in [7, 11) is 1.60. The Morgan fingerprint density at radius 3 is 2.65 bits per heavy atom. The normalized spacial score (nSPS) is 11.8. The molecule has 0 atom stereocenters. The van der Waals surface area contributed by atoms with Crippen LogP contribution in [0.3, 0.4) is 0 Å². The van der Waals surface area contributed by atoms with Gasteiger partial charge in [0.15, 0.2) is 5.84 Å². The zero-order valence-electron chi connectivity index (χ0n) is 11.3. The first-order chi connectivity index (χ1) is 9.69. The fourth-order valence-corrected chi connectivity index (χ4v) is 1.51. The number of oxime groups is 1. The Morgan fingerprint density at radius 2 is 1.95 bits per heavy atom. The van der Waals surface area contributed by atoms with Crippen molar-refractivity contribution in [1.29, 1.82) is 0 Å². The summed E-state index contributed by atoms with van der Waals surface area (Å²) < 4.78 is 28.6. The second kappa shape index (κ2) is 9.24. The first-order valence-electron chi connectivity index (χ1n) is 6.09. The van der Waals surface area contributed by atoms with Crippen LogP contribution < -0.4 is 5.73 Å². The largest absolute Gasteiger partial charge is 0.409 e. The van der Waals surface area contributed by atoms with E-state index in [1.54, 1.807) is 7.11 Å². The van der Waals surface area contributed by atoms with Gasteiger partial charge in [-0.3, -0.25) is 0 Å². The van der Waals surface area contributed by atoms with Crippen LogP contribution in [-0.4, -0.2) is 44.6 Å². The molecule has 0 amide bonds. The fourth-order valence-electron chi connectivity index (χ4n) is 1.51. The number of rotatable bonds is 9. The van der Waals surface area contributed by atoms with Gasteiger partial charge in [0.25, 0.3) is 0 Å². The lowest BCUT2D eigenvalue weighted by Gasteiger charge is -2.09. The third-order valence-corrected chi connectivity index (χ3v) is 2.52. The van der Waals surface area contributed by atoms with Crippen molar-refractivity contribution in [3.05, 3.63) is 35.1 Å². The topological polar surface area (TPSA) is 86.3 Å². The smallest absolute Gasteiger partial charge is 0.170 e. The summed E-state index contributed by atoms with van der Waals surface area (Å²) in [6.45, 7) is 2.08. The third-order valence-electron chi connectivity index (χ3n) is 2.52. The Bertz CT molecular complexity index is 440. The van der Waals surface area contributed by atoms with E-state index in [4.69, 9.17) is 25.2 Å². The van der Waals surface area contributed by atoms with Gasteiger partial charge in [-0.05, 0) is 17.7 Å². The molecule has 7 heteroatoms. The van der Waals surface area contributed by atoms with Crippen molar-refractivity contribution in [1.82, 2.24) is 0 Å². The zero-order valence-corrected chi connectivity index (χ0v) is 11.3. The molecule has 0 bridgehead atoms. The van der Waals surface area contributed by atoms with E-state index in [0.29, 0.717) is 37.6 Å². The van der Waals surface area contributed by atoms with Crippen molar-refractivity contribution < 1.29 is 23.8 Å². The van der Waals surface area contributed by atoms with Crippen LogP contribution in [0.25, 0.3) is 0 Å². The Balaban J connectivity index is 2.43. The minimum atomic E-state index is -0.460. The van der Waals surface area contributed by atoms with E-state index < -0.39 is 5.82 Å². The second-order valence-electron chi connectivity index (χ2n) is 3.94. The molecule has 1 aromatic carbocycles. The standard InChI is InChI=1S/C13H19FN2O4/c1-18-4-5-19-6-7-20-9-10-2-3-11(14)8-12(10)13(15)16-17/h2-3,8,17H,4-7,9H2,1H3,(H2,15,16). The maximum atomic E-state index is 13.1. The first kappa shape index (κ1) is 16.4. The predicted molar refractivity (Wildman–Crippen MR) is 71.3 cm³/mol. The summed E-state index contributed by atoms with van der Waals surface area (Å²) in [6, 6.07) is 4.03. The van der Waals surface area contributed by atoms with Crippen molar-refractivity contribution in [3.63, 3.8) is 0 Å². The van der Waals surface area contributed by atoms with Gasteiger partial charge < -0.3 is 25.2 Å². The first-order valence-corrected chi connectivity index (χ1v) is 6.09. The van der Waals surface area contributed by atoms with Crippen molar-refractivity contribution in [2.75, 3.05) is 33.5 Å². The van der Waals surface area contributed by atoms with Crippen LogP contribution in [0.1, 0.15) is 11.1 Å². The average Bonchev–Trinajstić information content (AvgIpc) is 2.46. The molecule has 20 heavy (non-hydrogen) atoms. The second-order valence-corrected chi connectivity index (χ2v) is 3.94. The van der Waals surface area contributed by atoms with E-state index in [9.17, 15) is 4.39 Å². The van der Waals surface area contributed by atoms with Crippen LogP contribution in [-0.2, 0) is 20.8 Å². The SMILES string of the molecule is COCCOCCOCc1ccc(F)cc1/C(N)=N/O. The molecule has 0 unspecified atom stereocenters. The summed E-state index contributed by atoms with van der Waals surface area (Å²) in [5.41, 5.74) is 6.44. The van der Waals surface area contributed by atoms with E-state index in [0.717, 1.165) is 0 Å². The molecule has 0 aromatic heterocycles. The third kappa shape index (κ3) is 5.52. The van der Waals surface area contributed by atoms with E-state index in [2.05, 4.69) is 5.16 Å². The lowest BCUT2D eigenvalue weighted by Crippen LogP contribution is -2.17. The zero-order chi connectivity index (χ0) is 14.8. The van der Waals surface area contributed by atoms with Crippen molar-refractivity contribution in [3.8, 4) is 0 Å². The minimum absolute atomic E-state index is 0.153. The molecule has 6 nitrogen and oxygen atoms in total. The molecule has 0 fully saturated rings. The van der Waals surface area contributed by atoms with Crippen LogP contribution in [0, 0.1) is 5.82 Å². The van der Waals surface area contributed by atoms with Gasteiger partial charge in [-0.1, -0.05) is 11.2 Å². The average molecular weight is 286 g/mol. The highest BCUT2D eigenvalue weighted by Gasteiger charge is 2.08. The van der Waals surface area contributed by atoms with Crippen molar-refractivity contribution in [2.45, 2.75) is 6.61 Å². The summed E-state index contributed by atoms with van der Waals surface area (Å²) in [4.78, 5) is 0. The number of nitrogens with zero attached hydrogens (tertiary/aromatic N) is 1. The van der Waals surface area contributed by atoms with Gasteiger partial charge in [-0.2, -0.15) is 0 Å². The number of hydrogen-bond acceptors (Lipinski definition) is 5. The van der Waals surface area contributed by atoms with Crippen molar-refractivity contribution >= 4 is 5.84 Å². The molecule has 0 spiro atoms. The molecule has 112 valence electrons. The Morgan fingerprint density at radius 1 is 1.25 bits per heavy atom. The molecule has 0 aliphatic carbocycles. The summed E-state index contributed by atoms with van der Waals surface area (Å²) in [5.74, 6) is -0.613. The van der Waals surface area contributed by atoms with Gasteiger partial charge >= 0.3 is 0 Å². The number of ether oxygens (including phenoxy) is 3. The Labute approximate surface area is 116 Å². The maximum Gasteiger partial charge on any atom is 0.170 e. The van der Waals surface area contributed by atoms with Crippen LogP contribution >= 0.6 is 0 Å². The van der Waals surface area contributed by atoms with Crippen LogP contribution in [0.2, 0.25) is 0 Å². The highest BCUT2D eigenvalue weighted by molar-refractivity contribution is 5.98. The van der Waals surface area contributed by atoms with Gasteiger partial charge in [0.05, 0.1) is 33.0 Å². The number of hydrogen-bond donors (Lipinski definition) is 2. The molecular formula is C13H19FN2O4. The predicted octanol–water partition coefficient (Wildman–Crippen LogP) is 1.10. The number of methoxy groups -OCH3 is 1. The van der Waals surface area contributed by atoms with Crippen LogP contribution in [0.15, 0.2) is 23.4 Å². The molecule has 1 rings (SSSR count).